The number of hydrogen-bond acceptors (Lipinski definition) is 3. The van der Waals surface area contributed by atoms with Gasteiger partial charge in [0.2, 0.25) is 0 Å². The van der Waals surface area contributed by atoms with E-state index in [1.165, 1.54) is 15.4 Å². The third-order valence-corrected chi connectivity index (χ3v) is 2.98. The van der Waals surface area contributed by atoms with E-state index < -0.39 is 0 Å². The monoisotopic (exact) mass is 260 g/mol. The molecule has 3 rings (SSSR count). The van der Waals surface area contributed by atoms with Crippen LogP contribution in [-0.2, 0) is 0 Å². The Bertz CT molecular complexity index is 790. The van der Waals surface area contributed by atoms with Crippen LogP contribution in [0.5, 0.6) is 0 Å². The van der Waals surface area contributed by atoms with Crippen molar-refractivity contribution < 1.29 is 0 Å². The molecule has 0 saturated heterocycles. The van der Waals surface area contributed by atoms with Gasteiger partial charge in [0, 0.05) is 12.4 Å². The van der Waals surface area contributed by atoms with Gasteiger partial charge in [-0.25, -0.2) is 14.1 Å². The van der Waals surface area contributed by atoms with E-state index in [9.17, 15) is 4.79 Å². The molecule has 0 fully saturated rings. The lowest BCUT2D eigenvalue weighted by atomic mass is 10.3. The average molecular weight is 261 g/mol. The molecule has 0 amide bonds. The summed E-state index contributed by atoms with van der Waals surface area (Å²) in [5.74, 6) is 0.535. The largest absolute Gasteiger partial charge is 0.285 e. The first-order valence-corrected chi connectivity index (χ1v) is 5.72. The molecule has 3 aromatic heterocycles. The molecule has 0 atom stereocenters. The van der Waals surface area contributed by atoms with Gasteiger partial charge in [0.1, 0.15) is 17.7 Å². The molecule has 0 aliphatic rings. The highest BCUT2D eigenvalue weighted by Gasteiger charge is 2.10. The number of fused-ring (bicyclic) bond motifs is 1. The summed E-state index contributed by atoms with van der Waals surface area (Å²) >= 11 is 5.97. The van der Waals surface area contributed by atoms with Crippen molar-refractivity contribution >= 4 is 17.1 Å². The Morgan fingerprint density at radius 3 is 2.94 bits per heavy atom. The fraction of sp³-hybridized carbons (Fsp3) is 0.0833. The maximum atomic E-state index is 12.3. The Labute approximate surface area is 107 Å². The minimum absolute atomic E-state index is 0.238. The summed E-state index contributed by atoms with van der Waals surface area (Å²) < 4.78 is 2.84. The summed E-state index contributed by atoms with van der Waals surface area (Å²) in [5.41, 5.74) is 1.13. The Kier molecular flexibility index (Phi) is 2.41. The number of hydrogen-bond donors (Lipinski definition) is 0. The fourth-order valence-electron chi connectivity index (χ4n) is 1.78. The van der Waals surface area contributed by atoms with Crippen molar-refractivity contribution in [1.29, 1.82) is 0 Å². The van der Waals surface area contributed by atoms with Gasteiger partial charge in [-0.15, -0.1) is 0 Å². The summed E-state index contributed by atoms with van der Waals surface area (Å²) in [6, 6.07) is 5.32. The molecular weight excluding hydrogens is 252 g/mol. The van der Waals surface area contributed by atoms with E-state index in [2.05, 4.69) is 10.1 Å². The molecule has 3 aromatic rings. The van der Waals surface area contributed by atoms with Gasteiger partial charge < -0.3 is 0 Å². The summed E-state index contributed by atoms with van der Waals surface area (Å²) in [6.07, 6.45) is 4.74. The van der Waals surface area contributed by atoms with Crippen LogP contribution in [0.25, 0.3) is 11.3 Å². The van der Waals surface area contributed by atoms with Gasteiger partial charge >= 0.3 is 0 Å². The number of pyridine rings is 1. The lowest BCUT2D eigenvalue weighted by Crippen LogP contribution is -2.22. The third kappa shape index (κ3) is 1.60. The Hall–Kier alpha value is -2.14. The van der Waals surface area contributed by atoms with E-state index in [0.717, 1.165) is 5.56 Å². The Morgan fingerprint density at radius 2 is 2.17 bits per heavy atom. The topological polar surface area (TPSA) is 52.2 Å². The highest BCUT2D eigenvalue weighted by Crippen LogP contribution is 2.14. The van der Waals surface area contributed by atoms with Crippen LogP contribution < -0.4 is 5.56 Å². The molecule has 0 aromatic carbocycles. The molecule has 18 heavy (non-hydrogen) atoms. The minimum Gasteiger partial charge on any atom is -0.266 e. The highest BCUT2D eigenvalue weighted by atomic mass is 35.5. The Balaban J connectivity index is 2.34. The van der Waals surface area contributed by atoms with Crippen molar-refractivity contribution in [2.45, 2.75) is 6.92 Å². The zero-order chi connectivity index (χ0) is 12.7. The first kappa shape index (κ1) is 11.0. The van der Waals surface area contributed by atoms with Crippen molar-refractivity contribution in [3.05, 3.63) is 57.9 Å². The second kappa shape index (κ2) is 3.96. The van der Waals surface area contributed by atoms with E-state index in [0.29, 0.717) is 16.4 Å². The van der Waals surface area contributed by atoms with Crippen LogP contribution in [0.2, 0.25) is 5.02 Å². The molecule has 0 aliphatic carbocycles. The number of nitrogens with zero attached hydrogens (tertiary/aromatic N) is 4. The van der Waals surface area contributed by atoms with Crippen LogP contribution in [0.3, 0.4) is 0 Å². The smallest absolute Gasteiger partial charge is 0.266 e. The van der Waals surface area contributed by atoms with Gasteiger partial charge in [-0.05, 0) is 30.7 Å². The van der Waals surface area contributed by atoms with Gasteiger partial charge in [0.05, 0.1) is 5.02 Å². The maximum Gasteiger partial charge on any atom is 0.285 e. The van der Waals surface area contributed by atoms with Gasteiger partial charge in [0.15, 0.2) is 0 Å². The molecule has 5 nitrogen and oxygen atoms in total. The fourth-order valence-corrected chi connectivity index (χ4v) is 2.01. The quantitative estimate of drug-likeness (QED) is 0.671. The van der Waals surface area contributed by atoms with Crippen molar-refractivity contribution in [1.82, 2.24) is 19.2 Å². The standard InChI is InChI=1S/C12H9ClN4O/c1-8-2-4-14-10(6-8)16-7-15-17-5-3-9(13)11(17)12(16)18/h2-7H,1H3. The van der Waals surface area contributed by atoms with E-state index >= 15 is 0 Å². The van der Waals surface area contributed by atoms with Crippen molar-refractivity contribution in [2.24, 2.45) is 0 Å². The molecule has 0 aliphatic heterocycles. The number of aromatic nitrogens is 4. The predicted molar refractivity (Wildman–Crippen MR) is 68.3 cm³/mol. The van der Waals surface area contributed by atoms with E-state index in [-0.39, 0.29) is 5.56 Å². The first-order valence-electron chi connectivity index (χ1n) is 5.34. The van der Waals surface area contributed by atoms with E-state index in [1.807, 2.05) is 19.1 Å². The molecular formula is C12H9ClN4O. The second-order valence-electron chi connectivity index (χ2n) is 3.95. The summed E-state index contributed by atoms with van der Waals surface area (Å²) in [6.45, 7) is 1.94. The molecule has 0 bridgehead atoms. The van der Waals surface area contributed by atoms with Crippen LogP contribution in [0.4, 0.5) is 0 Å². The van der Waals surface area contributed by atoms with Crippen LogP contribution in [0, 0.1) is 6.92 Å². The maximum absolute atomic E-state index is 12.3. The summed E-state index contributed by atoms with van der Waals surface area (Å²) in [4.78, 5) is 16.5. The molecule has 0 spiro atoms. The number of halogens is 1. The molecule has 6 heteroatoms. The third-order valence-electron chi connectivity index (χ3n) is 2.68. The molecule has 90 valence electrons. The highest BCUT2D eigenvalue weighted by molar-refractivity contribution is 6.33. The number of rotatable bonds is 1. The lowest BCUT2D eigenvalue weighted by molar-refractivity contribution is 0.811. The minimum atomic E-state index is -0.238. The van der Waals surface area contributed by atoms with E-state index in [1.54, 1.807) is 18.5 Å². The van der Waals surface area contributed by atoms with Crippen LogP contribution in [0.15, 0.2) is 41.7 Å². The molecule has 3 heterocycles. The van der Waals surface area contributed by atoms with E-state index in [4.69, 9.17) is 11.6 Å². The molecule has 0 N–H and O–H groups in total. The molecule has 0 saturated carbocycles. The van der Waals surface area contributed by atoms with Gasteiger partial charge in [-0.3, -0.25) is 4.79 Å². The van der Waals surface area contributed by atoms with Gasteiger partial charge in [-0.2, -0.15) is 5.10 Å². The van der Waals surface area contributed by atoms with Gasteiger partial charge in [0.25, 0.3) is 5.56 Å². The normalized spacial score (nSPS) is 11.0. The second-order valence-corrected chi connectivity index (χ2v) is 4.36. The van der Waals surface area contributed by atoms with Crippen LogP contribution >= 0.6 is 11.6 Å². The van der Waals surface area contributed by atoms with Crippen LogP contribution in [-0.4, -0.2) is 19.2 Å². The van der Waals surface area contributed by atoms with Gasteiger partial charge in [-0.1, -0.05) is 11.6 Å². The molecule has 0 unspecified atom stereocenters. The zero-order valence-corrected chi connectivity index (χ0v) is 10.3. The van der Waals surface area contributed by atoms with Crippen molar-refractivity contribution in [3.8, 4) is 5.82 Å². The summed E-state index contributed by atoms with van der Waals surface area (Å²) in [7, 11) is 0. The zero-order valence-electron chi connectivity index (χ0n) is 9.54. The predicted octanol–water partition coefficient (Wildman–Crippen LogP) is 1.84. The van der Waals surface area contributed by atoms with Crippen LogP contribution in [0.1, 0.15) is 5.56 Å². The summed E-state index contributed by atoms with van der Waals surface area (Å²) in [5, 5.41) is 4.51. The average Bonchev–Trinajstić information content (AvgIpc) is 2.72. The first-order chi connectivity index (χ1) is 8.66. The molecule has 0 radical (unpaired) electrons. The SMILES string of the molecule is Cc1ccnc(-n2cnn3ccc(Cl)c3c2=O)c1. The van der Waals surface area contributed by atoms with Crippen molar-refractivity contribution in [3.63, 3.8) is 0 Å². The van der Waals surface area contributed by atoms with Crippen molar-refractivity contribution in [2.75, 3.05) is 0 Å². The number of aryl methyl sites for hydroxylation is 1. The lowest BCUT2D eigenvalue weighted by Gasteiger charge is -2.05. The Morgan fingerprint density at radius 1 is 1.33 bits per heavy atom.